The Kier molecular flexibility index (Phi) is 3.95. The highest BCUT2D eigenvalue weighted by Crippen LogP contribution is 2.23. The second-order valence-corrected chi connectivity index (χ2v) is 5.35. The normalized spacial score (nSPS) is 15.8. The van der Waals surface area contributed by atoms with Gasteiger partial charge in [0.2, 0.25) is 5.91 Å². The van der Waals surface area contributed by atoms with Crippen molar-refractivity contribution in [3.8, 4) is 0 Å². The monoisotopic (exact) mass is 292 g/mol. The van der Waals surface area contributed by atoms with Crippen molar-refractivity contribution in [1.82, 2.24) is 5.32 Å². The predicted molar refractivity (Wildman–Crippen MR) is 74.0 cm³/mol. The minimum absolute atomic E-state index is 0.119. The molecule has 0 aromatic heterocycles. The number of benzene rings is 1. The summed E-state index contributed by atoms with van der Waals surface area (Å²) in [4.78, 5) is 33.8. The molecule has 0 bridgehead atoms. The smallest absolute Gasteiger partial charge is 0.306 e. The van der Waals surface area contributed by atoms with Crippen LogP contribution in [0.1, 0.15) is 29.3 Å². The maximum absolute atomic E-state index is 12.0. The van der Waals surface area contributed by atoms with Crippen LogP contribution in [0.2, 0.25) is 0 Å². The first kappa shape index (κ1) is 15.0. The minimum atomic E-state index is -1.52. The first-order valence-corrected chi connectivity index (χ1v) is 6.42. The van der Waals surface area contributed by atoms with E-state index in [2.05, 4.69) is 10.6 Å². The summed E-state index contributed by atoms with van der Waals surface area (Å²) in [5, 5.41) is 23.6. The lowest BCUT2D eigenvalue weighted by Gasteiger charge is -2.21. The zero-order chi connectivity index (χ0) is 15.6. The molecule has 0 radical (unpaired) electrons. The second kappa shape index (κ2) is 5.53. The molecule has 2 rings (SSSR count). The molecule has 112 valence electrons. The van der Waals surface area contributed by atoms with Crippen LogP contribution in [0, 0.1) is 0 Å². The van der Waals surface area contributed by atoms with Gasteiger partial charge in [-0.3, -0.25) is 14.4 Å². The van der Waals surface area contributed by atoms with E-state index < -0.39 is 23.9 Å². The number of fused-ring (bicyclic) bond motifs is 1. The van der Waals surface area contributed by atoms with Gasteiger partial charge in [-0.05, 0) is 30.7 Å². The number of amides is 2. The molecule has 21 heavy (non-hydrogen) atoms. The summed E-state index contributed by atoms with van der Waals surface area (Å²) in [5.74, 6) is -1.69. The van der Waals surface area contributed by atoms with Crippen molar-refractivity contribution in [3.05, 3.63) is 29.3 Å². The van der Waals surface area contributed by atoms with E-state index in [-0.39, 0.29) is 18.9 Å². The Hall–Kier alpha value is -2.41. The fraction of sp³-hybridized carbons (Fsp3) is 0.357. The van der Waals surface area contributed by atoms with Gasteiger partial charge < -0.3 is 20.8 Å². The molecule has 7 heteroatoms. The minimum Gasteiger partial charge on any atom is -0.481 e. The molecule has 0 saturated heterocycles. The maximum atomic E-state index is 12.0. The summed E-state index contributed by atoms with van der Waals surface area (Å²) in [6, 6.07) is 4.81. The van der Waals surface area contributed by atoms with Crippen molar-refractivity contribution in [2.45, 2.75) is 25.4 Å². The Morgan fingerprint density at radius 2 is 2.14 bits per heavy atom. The van der Waals surface area contributed by atoms with E-state index in [1.807, 2.05) is 0 Å². The van der Waals surface area contributed by atoms with E-state index in [1.54, 1.807) is 18.2 Å². The summed E-state index contributed by atoms with van der Waals surface area (Å²) in [7, 11) is 0. The number of anilines is 1. The second-order valence-electron chi connectivity index (χ2n) is 5.35. The SMILES string of the molecule is CC(O)(CNC(=O)c1ccc2c(c1)CC(=O)N2)CC(=O)O. The van der Waals surface area contributed by atoms with Crippen LogP contribution in [0.25, 0.3) is 0 Å². The molecule has 1 atom stereocenters. The van der Waals surface area contributed by atoms with Crippen LogP contribution in [-0.2, 0) is 16.0 Å². The van der Waals surface area contributed by atoms with Gasteiger partial charge in [-0.1, -0.05) is 0 Å². The average Bonchev–Trinajstić information content (AvgIpc) is 2.73. The number of carboxylic acids is 1. The Morgan fingerprint density at radius 1 is 1.43 bits per heavy atom. The standard InChI is InChI=1S/C14H16N2O5/c1-14(21,6-12(18)19)7-15-13(20)8-2-3-10-9(4-8)5-11(17)16-10/h2-4,21H,5-7H2,1H3,(H,15,20)(H,16,17)(H,18,19). The van der Waals surface area contributed by atoms with Gasteiger partial charge in [0, 0.05) is 17.8 Å². The summed E-state index contributed by atoms with van der Waals surface area (Å²) >= 11 is 0. The molecular formula is C14H16N2O5. The van der Waals surface area contributed by atoms with Crippen molar-refractivity contribution in [2.24, 2.45) is 0 Å². The molecule has 1 heterocycles. The highest BCUT2D eigenvalue weighted by atomic mass is 16.4. The fourth-order valence-electron chi connectivity index (χ4n) is 2.13. The van der Waals surface area contributed by atoms with Gasteiger partial charge in [-0.25, -0.2) is 0 Å². The van der Waals surface area contributed by atoms with Gasteiger partial charge in [0.15, 0.2) is 0 Å². The molecule has 4 N–H and O–H groups in total. The maximum Gasteiger partial charge on any atom is 0.306 e. The third-order valence-electron chi connectivity index (χ3n) is 3.15. The van der Waals surface area contributed by atoms with Crippen LogP contribution < -0.4 is 10.6 Å². The summed E-state index contributed by atoms with van der Waals surface area (Å²) in [5.41, 5.74) is 0.270. The van der Waals surface area contributed by atoms with Crippen LogP contribution >= 0.6 is 0 Å². The quantitative estimate of drug-likeness (QED) is 0.616. The van der Waals surface area contributed by atoms with E-state index in [1.165, 1.54) is 6.92 Å². The molecule has 1 unspecified atom stereocenters. The number of carbonyl (C=O) groups is 3. The molecule has 7 nitrogen and oxygen atoms in total. The van der Waals surface area contributed by atoms with Crippen LogP contribution in [0.3, 0.4) is 0 Å². The van der Waals surface area contributed by atoms with Crippen LogP contribution in [0.4, 0.5) is 5.69 Å². The molecule has 2 amide bonds. The summed E-state index contributed by atoms with van der Waals surface area (Å²) < 4.78 is 0. The van der Waals surface area contributed by atoms with E-state index in [0.717, 1.165) is 5.56 Å². The van der Waals surface area contributed by atoms with Gasteiger partial charge in [0.25, 0.3) is 5.91 Å². The number of nitrogens with one attached hydrogen (secondary N) is 2. The molecule has 1 aliphatic rings. The van der Waals surface area contributed by atoms with Crippen molar-refractivity contribution < 1.29 is 24.6 Å². The van der Waals surface area contributed by atoms with E-state index >= 15 is 0 Å². The highest BCUT2D eigenvalue weighted by Gasteiger charge is 2.25. The lowest BCUT2D eigenvalue weighted by molar-refractivity contribution is -0.141. The van der Waals surface area contributed by atoms with Gasteiger partial charge in [-0.2, -0.15) is 0 Å². The van der Waals surface area contributed by atoms with Crippen molar-refractivity contribution >= 4 is 23.5 Å². The Labute approximate surface area is 121 Å². The predicted octanol–water partition coefficient (Wildman–Crippen LogP) is 0.137. The van der Waals surface area contributed by atoms with Gasteiger partial charge in [-0.15, -0.1) is 0 Å². The van der Waals surface area contributed by atoms with E-state index in [4.69, 9.17) is 5.11 Å². The van der Waals surface area contributed by atoms with Crippen LogP contribution in [0.15, 0.2) is 18.2 Å². The molecule has 0 fully saturated rings. The molecule has 1 aromatic carbocycles. The summed E-state index contributed by atoms with van der Waals surface area (Å²) in [6.45, 7) is 1.17. The van der Waals surface area contributed by atoms with Crippen LogP contribution in [0.5, 0.6) is 0 Å². The number of rotatable bonds is 5. The highest BCUT2D eigenvalue weighted by molar-refractivity contribution is 6.01. The lowest BCUT2D eigenvalue weighted by atomic mass is 10.0. The number of hydrogen-bond donors (Lipinski definition) is 4. The molecule has 1 aromatic rings. The summed E-state index contributed by atoms with van der Waals surface area (Å²) in [6.07, 6.45) is -0.233. The molecule has 0 saturated carbocycles. The van der Waals surface area contributed by atoms with Gasteiger partial charge in [0.05, 0.1) is 18.4 Å². The largest absolute Gasteiger partial charge is 0.481 e. The lowest BCUT2D eigenvalue weighted by Crippen LogP contribution is -2.42. The topological polar surface area (TPSA) is 116 Å². The first-order valence-electron chi connectivity index (χ1n) is 6.42. The van der Waals surface area contributed by atoms with Gasteiger partial charge >= 0.3 is 5.97 Å². The first-order chi connectivity index (χ1) is 9.77. The number of aliphatic carboxylic acids is 1. The number of carbonyl (C=O) groups excluding carboxylic acids is 2. The number of aliphatic hydroxyl groups is 1. The molecule has 0 aliphatic carbocycles. The molecule has 1 aliphatic heterocycles. The van der Waals surface area contributed by atoms with Crippen molar-refractivity contribution in [1.29, 1.82) is 0 Å². The zero-order valence-corrected chi connectivity index (χ0v) is 11.5. The fourth-order valence-corrected chi connectivity index (χ4v) is 2.13. The Bertz CT molecular complexity index is 609. The number of carboxylic acid groups (broad SMARTS) is 1. The molecule has 0 spiro atoms. The zero-order valence-electron chi connectivity index (χ0n) is 11.5. The molecular weight excluding hydrogens is 276 g/mol. The van der Waals surface area contributed by atoms with E-state index in [0.29, 0.717) is 11.3 Å². The van der Waals surface area contributed by atoms with Crippen LogP contribution in [-0.4, -0.2) is 40.1 Å². The van der Waals surface area contributed by atoms with Crippen molar-refractivity contribution in [2.75, 3.05) is 11.9 Å². The average molecular weight is 292 g/mol. The Morgan fingerprint density at radius 3 is 2.81 bits per heavy atom. The third-order valence-corrected chi connectivity index (χ3v) is 3.15. The number of hydrogen-bond acceptors (Lipinski definition) is 4. The van der Waals surface area contributed by atoms with E-state index in [9.17, 15) is 19.5 Å². The Balaban J connectivity index is 2.00. The van der Waals surface area contributed by atoms with Gasteiger partial charge in [0.1, 0.15) is 0 Å². The third kappa shape index (κ3) is 3.79. The van der Waals surface area contributed by atoms with Crippen molar-refractivity contribution in [3.63, 3.8) is 0 Å².